The van der Waals surface area contributed by atoms with Crippen molar-refractivity contribution in [1.82, 2.24) is 20.2 Å². The summed E-state index contributed by atoms with van der Waals surface area (Å²) in [6.45, 7) is 1.96. The fraction of sp³-hybridized carbons (Fsp3) is 0.429. The molecule has 3 N–H and O–H groups in total. The lowest BCUT2D eigenvalue weighted by atomic mass is 10.1. The van der Waals surface area contributed by atoms with Crippen molar-refractivity contribution in [1.29, 1.82) is 5.41 Å². The molecule has 1 aromatic carbocycles. The molecule has 1 saturated carbocycles. The molecule has 1 aliphatic rings. The molecule has 0 radical (unpaired) electrons. The lowest BCUT2D eigenvalue weighted by Gasteiger charge is -2.11. The topological polar surface area (TPSA) is 93.5 Å². The number of tetrazole rings is 1. The maximum absolute atomic E-state index is 7.52. The van der Waals surface area contributed by atoms with Gasteiger partial charge in [-0.1, -0.05) is 12.8 Å². The molecule has 0 amide bonds. The fourth-order valence-electron chi connectivity index (χ4n) is 2.74. The van der Waals surface area contributed by atoms with Gasteiger partial charge >= 0.3 is 0 Å². The highest BCUT2D eigenvalue weighted by atomic mass is 32.2. The van der Waals surface area contributed by atoms with E-state index in [0.29, 0.717) is 6.04 Å². The van der Waals surface area contributed by atoms with E-state index in [4.69, 9.17) is 11.1 Å². The molecule has 1 aromatic heterocycles. The van der Waals surface area contributed by atoms with Gasteiger partial charge in [-0.25, -0.2) is 4.68 Å². The molecule has 6 nitrogen and oxygen atoms in total. The molecule has 0 atom stereocenters. The first-order chi connectivity index (χ1) is 10.1. The zero-order chi connectivity index (χ0) is 14.8. The van der Waals surface area contributed by atoms with Gasteiger partial charge in [-0.3, -0.25) is 5.41 Å². The zero-order valence-electron chi connectivity index (χ0n) is 11.9. The summed E-state index contributed by atoms with van der Waals surface area (Å²) in [5.41, 5.74) is 7.31. The lowest BCUT2D eigenvalue weighted by molar-refractivity contribution is 0.423. The molecule has 0 unspecified atom stereocenters. The first-order valence-corrected chi connectivity index (χ1v) is 7.87. The maximum atomic E-state index is 7.52. The van der Waals surface area contributed by atoms with Crippen LogP contribution in [0.3, 0.4) is 0 Å². The molecular weight excluding hydrogens is 284 g/mol. The number of hydrogen-bond acceptors (Lipinski definition) is 5. The molecule has 1 aliphatic carbocycles. The Morgan fingerprint density at radius 1 is 1.38 bits per heavy atom. The number of hydrogen-bond donors (Lipinski definition) is 2. The SMILES string of the molecule is Cc1cc(Sc2nnnn2C2CCCC2)ccc1C(=N)N. The number of nitrogen functional groups attached to an aromatic ring is 1. The Kier molecular flexibility index (Phi) is 3.92. The van der Waals surface area contributed by atoms with E-state index in [9.17, 15) is 0 Å². The molecule has 7 heteroatoms. The summed E-state index contributed by atoms with van der Waals surface area (Å²) >= 11 is 1.56. The van der Waals surface area contributed by atoms with Crippen LogP contribution in [0.15, 0.2) is 28.3 Å². The maximum Gasteiger partial charge on any atom is 0.214 e. The first-order valence-electron chi connectivity index (χ1n) is 7.06. The molecule has 1 fully saturated rings. The minimum Gasteiger partial charge on any atom is -0.384 e. The second kappa shape index (κ2) is 5.85. The average Bonchev–Trinajstić information content (AvgIpc) is 3.08. The van der Waals surface area contributed by atoms with Crippen molar-refractivity contribution >= 4 is 17.6 Å². The standard InChI is InChI=1S/C14H18N6S/c1-9-8-11(6-7-12(9)13(15)16)21-14-17-18-19-20(14)10-4-2-3-5-10/h6-8,10H,2-5H2,1H3,(H3,15,16). The average molecular weight is 302 g/mol. The Morgan fingerprint density at radius 3 is 2.81 bits per heavy atom. The van der Waals surface area contributed by atoms with Crippen molar-refractivity contribution in [3.63, 3.8) is 0 Å². The molecule has 0 spiro atoms. The number of nitrogens with two attached hydrogens (primary N) is 1. The van der Waals surface area contributed by atoms with Crippen LogP contribution in [0.25, 0.3) is 0 Å². The highest BCUT2D eigenvalue weighted by molar-refractivity contribution is 7.99. The Balaban J connectivity index is 1.82. The van der Waals surface area contributed by atoms with Crippen LogP contribution in [0.5, 0.6) is 0 Å². The van der Waals surface area contributed by atoms with E-state index < -0.39 is 0 Å². The summed E-state index contributed by atoms with van der Waals surface area (Å²) in [5, 5.41) is 20.5. The second-order valence-electron chi connectivity index (χ2n) is 5.34. The molecule has 21 heavy (non-hydrogen) atoms. The number of aromatic nitrogens is 4. The van der Waals surface area contributed by atoms with E-state index >= 15 is 0 Å². The third kappa shape index (κ3) is 2.92. The summed E-state index contributed by atoms with van der Waals surface area (Å²) in [5.74, 6) is 0.0971. The highest BCUT2D eigenvalue weighted by Gasteiger charge is 2.22. The van der Waals surface area contributed by atoms with Crippen molar-refractivity contribution in [3.05, 3.63) is 29.3 Å². The highest BCUT2D eigenvalue weighted by Crippen LogP contribution is 2.34. The van der Waals surface area contributed by atoms with Crippen molar-refractivity contribution < 1.29 is 0 Å². The second-order valence-corrected chi connectivity index (χ2v) is 6.38. The van der Waals surface area contributed by atoms with Gasteiger partial charge in [0.1, 0.15) is 5.84 Å². The van der Waals surface area contributed by atoms with Crippen molar-refractivity contribution in [2.45, 2.75) is 48.7 Å². The Bertz CT molecular complexity index is 659. The summed E-state index contributed by atoms with van der Waals surface area (Å²) in [4.78, 5) is 1.06. The Hall–Kier alpha value is -1.89. The van der Waals surface area contributed by atoms with Crippen molar-refractivity contribution in [2.75, 3.05) is 0 Å². The normalized spacial score (nSPS) is 15.5. The van der Waals surface area contributed by atoms with Crippen LogP contribution in [0.2, 0.25) is 0 Å². The van der Waals surface area contributed by atoms with E-state index in [1.165, 1.54) is 12.8 Å². The van der Waals surface area contributed by atoms with Gasteiger partial charge in [0.2, 0.25) is 5.16 Å². The Labute approximate surface area is 127 Å². The summed E-state index contributed by atoms with van der Waals surface area (Å²) < 4.78 is 1.95. The summed E-state index contributed by atoms with van der Waals surface area (Å²) in [6, 6.07) is 6.29. The van der Waals surface area contributed by atoms with Crippen LogP contribution in [-0.2, 0) is 0 Å². The van der Waals surface area contributed by atoms with E-state index in [-0.39, 0.29) is 5.84 Å². The van der Waals surface area contributed by atoms with Gasteiger partial charge in [-0.15, -0.1) is 5.10 Å². The van der Waals surface area contributed by atoms with E-state index in [1.807, 2.05) is 29.8 Å². The third-order valence-corrected chi connectivity index (χ3v) is 4.77. The van der Waals surface area contributed by atoms with Crippen LogP contribution in [0.1, 0.15) is 42.9 Å². The predicted octanol–water partition coefficient (Wildman–Crippen LogP) is 2.53. The molecule has 0 aliphatic heterocycles. The van der Waals surface area contributed by atoms with Gasteiger partial charge < -0.3 is 5.73 Å². The third-order valence-electron chi connectivity index (χ3n) is 3.83. The monoisotopic (exact) mass is 302 g/mol. The van der Waals surface area contributed by atoms with Crippen LogP contribution in [-0.4, -0.2) is 26.0 Å². The van der Waals surface area contributed by atoms with E-state index in [0.717, 1.165) is 34.0 Å². The fourth-order valence-corrected chi connectivity index (χ4v) is 3.68. The quantitative estimate of drug-likeness (QED) is 0.668. The summed E-state index contributed by atoms with van der Waals surface area (Å²) in [6.07, 6.45) is 4.81. The minimum absolute atomic E-state index is 0.0971. The Morgan fingerprint density at radius 2 is 2.14 bits per heavy atom. The molecular formula is C14H18N6S. The predicted molar refractivity (Wildman–Crippen MR) is 81.6 cm³/mol. The number of aryl methyl sites for hydroxylation is 1. The van der Waals surface area contributed by atoms with Crippen LogP contribution >= 0.6 is 11.8 Å². The molecule has 1 heterocycles. The summed E-state index contributed by atoms with van der Waals surface area (Å²) in [7, 11) is 0. The van der Waals surface area contributed by atoms with Gasteiger partial charge in [0.15, 0.2) is 0 Å². The van der Waals surface area contributed by atoms with Crippen molar-refractivity contribution in [3.8, 4) is 0 Å². The largest absolute Gasteiger partial charge is 0.384 e. The first kappa shape index (κ1) is 14.1. The number of nitrogens with zero attached hydrogens (tertiary/aromatic N) is 4. The molecule has 0 saturated heterocycles. The molecule has 110 valence electrons. The van der Waals surface area contributed by atoms with Gasteiger partial charge in [-0.2, -0.15) is 0 Å². The molecule has 2 aromatic rings. The minimum atomic E-state index is 0.0971. The number of nitrogens with one attached hydrogen (secondary N) is 1. The van der Waals surface area contributed by atoms with E-state index in [1.54, 1.807) is 11.8 Å². The molecule has 0 bridgehead atoms. The number of amidine groups is 1. The smallest absolute Gasteiger partial charge is 0.214 e. The molecule has 3 rings (SSSR count). The lowest BCUT2D eigenvalue weighted by Crippen LogP contribution is -2.12. The van der Waals surface area contributed by atoms with Crippen LogP contribution < -0.4 is 5.73 Å². The zero-order valence-corrected chi connectivity index (χ0v) is 12.7. The number of benzene rings is 1. The van der Waals surface area contributed by atoms with Gasteiger partial charge in [0.05, 0.1) is 6.04 Å². The van der Waals surface area contributed by atoms with Crippen molar-refractivity contribution in [2.24, 2.45) is 5.73 Å². The van der Waals surface area contributed by atoms with Gasteiger partial charge in [-0.05, 0) is 65.7 Å². The van der Waals surface area contributed by atoms with Crippen LogP contribution in [0, 0.1) is 12.3 Å². The number of rotatable bonds is 4. The van der Waals surface area contributed by atoms with Gasteiger partial charge in [0, 0.05) is 10.5 Å². The van der Waals surface area contributed by atoms with Gasteiger partial charge in [0.25, 0.3) is 0 Å². The van der Waals surface area contributed by atoms with Crippen LogP contribution in [0.4, 0.5) is 0 Å². The van der Waals surface area contributed by atoms with E-state index in [2.05, 4.69) is 15.5 Å².